The molecule has 1 aromatic carbocycles. The van der Waals surface area contributed by atoms with Crippen LogP contribution >= 0.6 is 11.8 Å². The maximum Gasteiger partial charge on any atom is 1.00 e. The molecule has 0 aliphatic heterocycles. The SMILES string of the molecule is CC(=O)Nc1ccc(O)c(SCC(NC(=O)CC[C@H](N)C(=O)[O-])C(=O)NCC(=O)[O-])c1.[Na+].[Na+]. The van der Waals surface area contributed by atoms with Crippen LogP contribution in [0.3, 0.4) is 0 Å². The number of carbonyl (C=O) groups is 5. The van der Waals surface area contributed by atoms with Gasteiger partial charge in [0, 0.05) is 30.8 Å². The number of aromatic hydroxyl groups is 1. The van der Waals surface area contributed by atoms with Gasteiger partial charge in [-0.25, -0.2) is 0 Å². The largest absolute Gasteiger partial charge is 1.00 e. The first-order valence-electron chi connectivity index (χ1n) is 8.96. The van der Waals surface area contributed by atoms with E-state index in [0.717, 1.165) is 11.8 Å². The van der Waals surface area contributed by atoms with Crippen molar-refractivity contribution in [1.82, 2.24) is 10.6 Å². The Morgan fingerprint density at radius 2 is 1.79 bits per heavy atom. The average Bonchev–Trinajstić information content (AvgIpc) is 2.68. The summed E-state index contributed by atoms with van der Waals surface area (Å²) in [5.41, 5.74) is 5.68. The quantitative estimate of drug-likeness (QED) is 0.104. The standard InChI is InChI=1S/C18H24N4O8S.2Na/c1-9(23)21-10-2-4-13(24)14(6-10)31-8-12(17(28)20-7-16(26)27)22-15(25)5-3-11(19)18(29)30;;/h2,4,6,11-12,24H,3,5,7-8,19H2,1H3,(H,20,28)(H,21,23)(H,22,25)(H,26,27)(H,29,30);;/q;2*+1/p-2/t11-,12?;;/m0../s1. The van der Waals surface area contributed by atoms with Crippen LogP contribution in [-0.2, 0) is 24.0 Å². The summed E-state index contributed by atoms with van der Waals surface area (Å²) in [6, 6.07) is 1.67. The first-order valence-corrected chi connectivity index (χ1v) is 9.95. The van der Waals surface area contributed by atoms with Gasteiger partial charge in [-0.2, -0.15) is 0 Å². The van der Waals surface area contributed by atoms with Gasteiger partial charge in [-0.1, -0.05) is 0 Å². The van der Waals surface area contributed by atoms with E-state index in [1.165, 1.54) is 25.1 Å². The minimum absolute atomic E-state index is 0. The Morgan fingerprint density at radius 3 is 2.33 bits per heavy atom. The number of carboxylic acids is 2. The normalized spacial score (nSPS) is 11.6. The minimum atomic E-state index is -1.54. The predicted octanol–water partition coefficient (Wildman–Crippen LogP) is -9.34. The second kappa shape index (κ2) is 17.2. The van der Waals surface area contributed by atoms with Crippen molar-refractivity contribution in [3.63, 3.8) is 0 Å². The van der Waals surface area contributed by atoms with Crippen LogP contribution in [0.2, 0.25) is 0 Å². The summed E-state index contributed by atoms with van der Waals surface area (Å²) in [5.74, 6) is -5.17. The molecule has 3 amide bonds. The Balaban J connectivity index is 0. The van der Waals surface area contributed by atoms with Crippen LogP contribution in [0.4, 0.5) is 5.69 Å². The summed E-state index contributed by atoms with van der Waals surface area (Å²) in [7, 11) is 0. The second-order valence-corrected chi connectivity index (χ2v) is 7.41. The predicted molar refractivity (Wildman–Crippen MR) is 105 cm³/mol. The first-order chi connectivity index (χ1) is 14.5. The van der Waals surface area contributed by atoms with Gasteiger partial charge in [0.2, 0.25) is 17.7 Å². The smallest absolute Gasteiger partial charge is 0.548 e. The Kier molecular flexibility index (Phi) is 17.6. The number of nitrogens with one attached hydrogen (secondary N) is 3. The van der Waals surface area contributed by atoms with Crippen molar-refractivity contribution in [3.8, 4) is 5.75 Å². The fourth-order valence-electron chi connectivity index (χ4n) is 2.22. The average molecular weight is 500 g/mol. The minimum Gasteiger partial charge on any atom is -0.548 e. The van der Waals surface area contributed by atoms with E-state index in [9.17, 15) is 39.3 Å². The van der Waals surface area contributed by atoms with Gasteiger partial charge in [0.05, 0.1) is 23.4 Å². The van der Waals surface area contributed by atoms with Gasteiger partial charge >= 0.3 is 59.1 Å². The number of phenols is 1. The molecular weight excluding hydrogens is 478 g/mol. The molecule has 33 heavy (non-hydrogen) atoms. The third kappa shape index (κ3) is 13.9. The van der Waals surface area contributed by atoms with Gasteiger partial charge in [0.1, 0.15) is 11.8 Å². The number of hydrogen-bond donors (Lipinski definition) is 5. The molecule has 1 rings (SSSR count). The Hall–Kier alpha value is -1.32. The van der Waals surface area contributed by atoms with Gasteiger partial charge < -0.3 is 46.6 Å². The summed E-state index contributed by atoms with van der Waals surface area (Å²) >= 11 is 0.962. The van der Waals surface area contributed by atoms with Gasteiger partial charge in [-0.05, 0) is 24.6 Å². The summed E-state index contributed by atoms with van der Waals surface area (Å²) in [6.07, 6.45) is -0.540. The Morgan fingerprint density at radius 1 is 1.15 bits per heavy atom. The van der Waals surface area contributed by atoms with Gasteiger partial charge in [0.15, 0.2) is 0 Å². The van der Waals surface area contributed by atoms with Crippen molar-refractivity contribution in [2.24, 2.45) is 5.73 Å². The monoisotopic (exact) mass is 500 g/mol. The summed E-state index contributed by atoms with van der Waals surface area (Å²) < 4.78 is 0. The Bertz CT molecular complexity index is 859. The number of anilines is 1. The molecular formula is C18H22N4Na2O8S. The van der Waals surface area contributed by atoms with E-state index >= 15 is 0 Å². The van der Waals surface area contributed by atoms with Crippen molar-refractivity contribution < 1.29 is 98.4 Å². The summed E-state index contributed by atoms with van der Waals surface area (Å²) in [6.45, 7) is 0.522. The molecule has 0 heterocycles. The molecule has 0 aromatic heterocycles. The fourth-order valence-corrected chi connectivity index (χ4v) is 3.23. The molecule has 12 nitrogen and oxygen atoms in total. The molecule has 0 bridgehead atoms. The van der Waals surface area contributed by atoms with Gasteiger partial charge in [0.25, 0.3) is 0 Å². The zero-order valence-corrected chi connectivity index (χ0v) is 23.3. The number of carbonyl (C=O) groups excluding carboxylic acids is 5. The number of aliphatic carboxylic acids is 2. The van der Waals surface area contributed by atoms with Crippen LogP contribution in [-0.4, -0.2) is 59.1 Å². The van der Waals surface area contributed by atoms with Crippen LogP contribution in [0.15, 0.2) is 23.1 Å². The molecule has 0 aliphatic rings. The van der Waals surface area contributed by atoms with E-state index < -0.39 is 42.4 Å². The molecule has 15 heteroatoms. The van der Waals surface area contributed by atoms with E-state index in [0.29, 0.717) is 5.69 Å². The summed E-state index contributed by atoms with van der Waals surface area (Å²) in [4.78, 5) is 57.0. The van der Waals surface area contributed by atoms with Gasteiger partial charge in [-0.15, -0.1) is 11.8 Å². The number of benzene rings is 1. The van der Waals surface area contributed by atoms with Crippen molar-refractivity contribution >= 4 is 47.1 Å². The van der Waals surface area contributed by atoms with Crippen molar-refractivity contribution in [2.45, 2.75) is 36.7 Å². The molecule has 0 saturated carbocycles. The van der Waals surface area contributed by atoms with Gasteiger partial charge in [-0.3, -0.25) is 14.4 Å². The molecule has 0 saturated heterocycles. The van der Waals surface area contributed by atoms with E-state index in [2.05, 4.69) is 16.0 Å². The van der Waals surface area contributed by atoms with E-state index in [4.69, 9.17) is 5.73 Å². The molecule has 1 aromatic rings. The number of rotatable bonds is 12. The third-order valence-corrected chi connectivity index (χ3v) is 4.87. The summed E-state index contributed by atoms with van der Waals surface area (Å²) in [5, 5.41) is 38.2. The van der Waals surface area contributed by atoms with Crippen LogP contribution < -0.4 is 91.0 Å². The number of phenolic OH excluding ortho intramolecular Hbond substituents is 1. The van der Waals surface area contributed by atoms with Crippen LogP contribution in [0.25, 0.3) is 0 Å². The number of nitrogens with two attached hydrogens (primary N) is 1. The topological polar surface area (TPSA) is 214 Å². The maximum atomic E-state index is 12.3. The van der Waals surface area contributed by atoms with E-state index in [-0.39, 0.29) is 94.3 Å². The zero-order valence-electron chi connectivity index (χ0n) is 18.5. The zero-order chi connectivity index (χ0) is 23.6. The second-order valence-electron chi connectivity index (χ2n) is 6.35. The van der Waals surface area contributed by atoms with E-state index in [1.54, 1.807) is 0 Å². The molecule has 0 fully saturated rings. The van der Waals surface area contributed by atoms with Crippen LogP contribution in [0.5, 0.6) is 5.75 Å². The molecule has 0 aliphatic carbocycles. The Labute approximate surface area is 238 Å². The fraction of sp³-hybridized carbons (Fsp3) is 0.389. The van der Waals surface area contributed by atoms with Crippen molar-refractivity contribution in [2.75, 3.05) is 17.6 Å². The van der Waals surface area contributed by atoms with E-state index in [1.807, 2.05) is 0 Å². The molecule has 0 radical (unpaired) electrons. The van der Waals surface area contributed by atoms with Crippen LogP contribution in [0, 0.1) is 0 Å². The number of carboxylic acid groups (broad SMARTS) is 2. The van der Waals surface area contributed by atoms with Crippen molar-refractivity contribution in [1.29, 1.82) is 0 Å². The third-order valence-electron chi connectivity index (χ3n) is 3.73. The molecule has 0 spiro atoms. The molecule has 1 unspecified atom stereocenters. The van der Waals surface area contributed by atoms with Crippen molar-refractivity contribution in [3.05, 3.63) is 18.2 Å². The number of amides is 3. The maximum absolute atomic E-state index is 12.3. The molecule has 2 atom stereocenters. The number of hydrogen-bond acceptors (Lipinski definition) is 10. The molecule has 170 valence electrons. The first kappa shape index (κ1) is 33.9. The number of thioether (sulfide) groups is 1. The molecule has 6 N–H and O–H groups in total. The van der Waals surface area contributed by atoms with Crippen LogP contribution in [0.1, 0.15) is 19.8 Å².